The lowest BCUT2D eigenvalue weighted by Crippen LogP contribution is -2.45. The van der Waals surface area contributed by atoms with Crippen molar-refractivity contribution in [1.82, 2.24) is 5.32 Å². The van der Waals surface area contributed by atoms with Crippen LogP contribution in [-0.4, -0.2) is 41.7 Å². The summed E-state index contributed by atoms with van der Waals surface area (Å²) in [7, 11) is 0. The van der Waals surface area contributed by atoms with Crippen LogP contribution in [0, 0.1) is 0 Å². The van der Waals surface area contributed by atoms with Crippen LogP contribution in [0.2, 0.25) is 0 Å². The van der Waals surface area contributed by atoms with Crippen molar-refractivity contribution in [3.05, 3.63) is 29.8 Å². The summed E-state index contributed by atoms with van der Waals surface area (Å²) in [5.74, 6) is -2.80. The van der Waals surface area contributed by atoms with Gasteiger partial charge in [-0.3, -0.25) is 9.59 Å². The number of aryl methyl sites for hydroxylation is 1. The highest BCUT2D eigenvalue weighted by Crippen LogP contribution is 2.27. The van der Waals surface area contributed by atoms with Gasteiger partial charge in [0.1, 0.15) is 6.04 Å². The molecule has 25 heavy (non-hydrogen) atoms. The van der Waals surface area contributed by atoms with Gasteiger partial charge in [-0.15, -0.1) is 0 Å². The maximum atomic E-state index is 12.3. The van der Waals surface area contributed by atoms with Gasteiger partial charge >= 0.3 is 12.1 Å². The second kappa shape index (κ2) is 7.54. The smallest absolute Gasteiger partial charge is 0.391 e. The number of hydrogen-bond acceptors (Lipinski definition) is 3. The number of halogens is 3. The number of amides is 2. The summed E-state index contributed by atoms with van der Waals surface area (Å²) in [4.78, 5) is 36.1. The maximum Gasteiger partial charge on any atom is 0.391 e. The third-order valence-corrected chi connectivity index (χ3v) is 3.82. The molecule has 0 bridgehead atoms. The van der Waals surface area contributed by atoms with Gasteiger partial charge in [-0.25, -0.2) is 4.79 Å². The van der Waals surface area contributed by atoms with Crippen LogP contribution in [0.4, 0.5) is 18.9 Å². The fourth-order valence-electron chi connectivity index (χ4n) is 2.65. The number of carboxylic acid groups (broad SMARTS) is 1. The van der Waals surface area contributed by atoms with Crippen LogP contribution < -0.4 is 10.2 Å². The van der Waals surface area contributed by atoms with E-state index in [1.54, 1.807) is 12.1 Å². The third kappa shape index (κ3) is 5.20. The molecule has 2 N–H and O–H groups in total. The van der Waals surface area contributed by atoms with Crippen molar-refractivity contribution in [2.45, 2.75) is 37.9 Å². The van der Waals surface area contributed by atoms with Gasteiger partial charge in [0.2, 0.25) is 11.8 Å². The molecular weight excluding hydrogens is 341 g/mol. The van der Waals surface area contributed by atoms with Crippen molar-refractivity contribution in [3.63, 3.8) is 0 Å². The van der Waals surface area contributed by atoms with Gasteiger partial charge in [-0.1, -0.05) is 18.2 Å². The highest BCUT2D eigenvalue weighted by molar-refractivity contribution is 5.97. The zero-order valence-electron chi connectivity index (χ0n) is 13.2. The first-order valence-corrected chi connectivity index (χ1v) is 7.64. The van der Waals surface area contributed by atoms with Crippen molar-refractivity contribution in [2.75, 3.05) is 11.4 Å². The Kier molecular flexibility index (Phi) is 5.66. The van der Waals surface area contributed by atoms with Gasteiger partial charge in [-0.2, -0.15) is 13.2 Å². The molecule has 0 radical (unpaired) electrons. The molecule has 6 nitrogen and oxygen atoms in total. The number of alkyl halides is 3. The summed E-state index contributed by atoms with van der Waals surface area (Å²) in [6.07, 6.45) is -5.78. The number of carboxylic acids is 1. The molecule has 1 aliphatic heterocycles. The maximum absolute atomic E-state index is 12.3. The number of nitrogens with one attached hydrogen (secondary N) is 1. The molecule has 0 aliphatic carbocycles. The first kappa shape index (κ1) is 18.8. The normalized spacial score (nSPS) is 15.5. The number of carbonyl (C=O) groups excluding carboxylic acids is 2. The molecule has 136 valence electrons. The molecule has 1 unspecified atom stereocenters. The summed E-state index contributed by atoms with van der Waals surface area (Å²) in [5.41, 5.74) is 1.61. The molecule has 1 heterocycles. The molecule has 1 aromatic rings. The number of carbonyl (C=O) groups is 3. The number of para-hydroxylation sites is 1. The van der Waals surface area contributed by atoms with E-state index in [1.807, 2.05) is 17.4 Å². The van der Waals surface area contributed by atoms with Crippen LogP contribution >= 0.6 is 0 Å². The van der Waals surface area contributed by atoms with Crippen molar-refractivity contribution in [2.24, 2.45) is 0 Å². The average Bonchev–Trinajstić information content (AvgIpc) is 2.52. The molecule has 1 atom stereocenters. The van der Waals surface area contributed by atoms with Gasteiger partial charge in [0.15, 0.2) is 0 Å². The minimum atomic E-state index is -4.71. The van der Waals surface area contributed by atoms with E-state index in [4.69, 9.17) is 5.11 Å². The van der Waals surface area contributed by atoms with Gasteiger partial charge in [0.25, 0.3) is 0 Å². The summed E-state index contributed by atoms with van der Waals surface area (Å²) in [5, 5.41) is 10.7. The lowest BCUT2D eigenvalue weighted by molar-refractivity contribution is -0.159. The van der Waals surface area contributed by atoms with Crippen LogP contribution in [0.25, 0.3) is 0 Å². The number of aliphatic carboxylic acids is 1. The van der Waals surface area contributed by atoms with E-state index in [1.165, 1.54) is 4.90 Å². The molecular formula is C16H17F3N2O4. The van der Waals surface area contributed by atoms with Crippen molar-refractivity contribution >= 4 is 23.5 Å². The Balaban J connectivity index is 1.97. The summed E-state index contributed by atoms with van der Waals surface area (Å²) >= 11 is 0. The molecule has 0 aromatic heterocycles. The Morgan fingerprint density at radius 1 is 1.24 bits per heavy atom. The molecule has 1 aliphatic rings. The fraction of sp³-hybridized carbons (Fsp3) is 0.438. The highest BCUT2D eigenvalue weighted by Gasteiger charge is 2.36. The first-order chi connectivity index (χ1) is 11.7. The van der Waals surface area contributed by atoms with Gasteiger partial charge < -0.3 is 15.3 Å². The number of anilines is 1. The SMILES string of the molecule is O=C(CCN1C(=O)CCc2ccccc21)NC(CC(F)(F)F)C(=O)O. The van der Waals surface area contributed by atoms with Crippen LogP contribution in [0.15, 0.2) is 24.3 Å². The molecule has 2 amide bonds. The fourth-order valence-corrected chi connectivity index (χ4v) is 2.65. The quantitative estimate of drug-likeness (QED) is 0.813. The first-order valence-electron chi connectivity index (χ1n) is 7.64. The predicted octanol–water partition coefficient (Wildman–Crippen LogP) is 1.88. The van der Waals surface area contributed by atoms with Crippen LogP contribution in [0.5, 0.6) is 0 Å². The Morgan fingerprint density at radius 3 is 2.56 bits per heavy atom. The van der Waals surface area contributed by atoms with Crippen molar-refractivity contribution in [1.29, 1.82) is 0 Å². The number of fused-ring (bicyclic) bond motifs is 1. The van der Waals surface area contributed by atoms with Crippen LogP contribution in [-0.2, 0) is 20.8 Å². The van der Waals surface area contributed by atoms with E-state index in [9.17, 15) is 27.6 Å². The number of rotatable bonds is 6. The Hall–Kier alpha value is -2.58. The molecule has 0 saturated carbocycles. The van der Waals surface area contributed by atoms with Crippen molar-refractivity contribution < 1.29 is 32.7 Å². The standard InChI is InChI=1S/C16H17F3N2O4/c17-16(18,19)9-11(15(24)25)20-13(22)7-8-21-12-4-2-1-3-10(12)5-6-14(21)23/h1-4,11H,5-9H2,(H,20,22)(H,24,25). The van der Waals surface area contributed by atoms with E-state index in [0.717, 1.165) is 5.56 Å². The topological polar surface area (TPSA) is 86.7 Å². The van der Waals surface area contributed by atoms with Gasteiger partial charge in [0.05, 0.1) is 6.42 Å². The number of benzene rings is 1. The Bertz CT molecular complexity index is 676. The minimum Gasteiger partial charge on any atom is -0.480 e. The predicted molar refractivity (Wildman–Crippen MR) is 82.0 cm³/mol. The zero-order valence-corrected chi connectivity index (χ0v) is 13.2. The lowest BCUT2D eigenvalue weighted by atomic mass is 10.0. The van der Waals surface area contributed by atoms with Crippen LogP contribution in [0.1, 0.15) is 24.8 Å². The zero-order chi connectivity index (χ0) is 18.6. The molecule has 0 spiro atoms. The summed E-state index contributed by atoms with van der Waals surface area (Å²) in [6.45, 7) is -0.0277. The molecule has 9 heteroatoms. The minimum absolute atomic E-state index is 0.0277. The summed E-state index contributed by atoms with van der Waals surface area (Å²) < 4.78 is 37.0. The lowest BCUT2D eigenvalue weighted by Gasteiger charge is -2.29. The second-order valence-electron chi connectivity index (χ2n) is 5.70. The molecule has 0 fully saturated rings. The molecule has 2 rings (SSSR count). The largest absolute Gasteiger partial charge is 0.480 e. The van der Waals surface area contributed by atoms with Crippen molar-refractivity contribution in [3.8, 4) is 0 Å². The van der Waals surface area contributed by atoms with E-state index < -0.39 is 30.5 Å². The van der Waals surface area contributed by atoms with Gasteiger partial charge in [-0.05, 0) is 18.1 Å². The molecule has 0 saturated heterocycles. The average molecular weight is 358 g/mol. The van der Waals surface area contributed by atoms with E-state index in [-0.39, 0.29) is 25.3 Å². The number of hydrogen-bond donors (Lipinski definition) is 2. The molecule has 1 aromatic carbocycles. The Morgan fingerprint density at radius 2 is 1.92 bits per heavy atom. The van der Waals surface area contributed by atoms with E-state index in [2.05, 4.69) is 0 Å². The highest BCUT2D eigenvalue weighted by atomic mass is 19.4. The number of nitrogens with zero attached hydrogens (tertiary/aromatic N) is 1. The van der Waals surface area contributed by atoms with Gasteiger partial charge in [0, 0.05) is 25.1 Å². The Labute approximate surface area is 141 Å². The monoisotopic (exact) mass is 358 g/mol. The van der Waals surface area contributed by atoms with Crippen LogP contribution in [0.3, 0.4) is 0 Å². The summed E-state index contributed by atoms with van der Waals surface area (Å²) in [6, 6.07) is 5.12. The van der Waals surface area contributed by atoms with E-state index >= 15 is 0 Å². The third-order valence-electron chi connectivity index (χ3n) is 3.82. The van der Waals surface area contributed by atoms with E-state index in [0.29, 0.717) is 12.1 Å². The second-order valence-corrected chi connectivity index (χ2v) is 5.70.